The molecule has 1 aromatic heterocycles. The first-order valence-corrected chi connectivity index (χ1v) is 6.17. The van der Waals surface area contributed by atoms with E-state index in [1.807, 2.05) is 19.1 Å². The number of nitrogens with zero attached hydrogens (tertiary/aromatic N) is 4. The van der Waals surface area contributed by atoms with Crippen molar-refractivity contribution in [2.45, 2.75) is 6.92 Å². The van der Waals surface area contributed by atoms with Crippen LogP contribution in [0.2, 0.25) is 0 Å². The molecular formula is C14H11F2N5. The number of hydrogen-bond acceptors (Lipinski definition) is 4. The molecule has 0 unspecified atom stereocenters. The molecule has 2 N–H and O–H groups in total. The summed E-state index contributed by atoms with van der Waals surface area (Å²) >= 11 is 0. The van der Waals surface area contributed by atoms with Gasteiger partial charge in [-0.3, -0.25) is 0 Å². The third-order valence-electron chi connectivity index (χ3n) is 3.18. The van der Waals surface area contributed by atoms with Crippen LogP contribution in [0, 0.1) is 18.6 Å². The van der Waals surface area contributed by atoms with Crippen LogP contribution < -0.4 is 5.73 Å². The van der Waals surface area contributed by atoms with E-state index in [2.05, 4.69) is 15.5 Å². The number of nitrogens with two attached hydrogens (primary N) is 1. The van der Waals surface area contributed by atoms with Gasteiger partial charge in [-0.1, -0.05) is 12.1 Å². The minimum absolute atomic E-state index is 0.315. The van der Waals surface area contributed by atoms with Crippen molar-refractivity contribution in [1.82, 2.24) is 20.2 Å². The zero-order valence-electron chi connectivity index (χ0n) is 11.1. The zero-order valence-corrected chi connectivity index (χ0v) is 11.1. The van der Waals surface area contributed by atoms with Crippen LogP contribution in [0.25, 0.3) is 17.1 Å². The van der Waals surface area contributed by atoms with Crippen LogP contribution >= 0.6 is 0 Å². The maximum Gasteiger partial charge on any atom is 0.189 e. The molecule has 7 heteroatoms. The first-order chi connectivity index (χ1) is 10.1. The monoisotopic (exact) mass is 287 g/mol. The molecule has 1 heterocycles. The summed E-state index contributed by atoms with van der Waals surface area (Å²) in [6.07, 6.45) is 0. The number of hydrogen-bond donors (Lipinski definition) is 1. The topological polar surface area (TPSA) is 69.6 Å². The van der Waals surface area contributed by atoms with Gasteiger partial charge in [0.25, 0.3) is 0 Å². The summed E-state index contributed by atoms with van der Waals surface area (Å²) in [6.45, 7) is 1.87. The summed E-state index contributed by atoms with van der Waals surface area (Å²) in [7, 11) is 0. The van der Waals surface area contributed by atoms with Gasteiger partial charge in [0.2, 0.25) is 0 Å². The number of tetrazole rings is 1. The molecule has 0 aliphatic carbocycles. The van der Waals surface area contributed by atoms with Crippen molar-refractivity contribution in [2.24, 2.45) is 0 Å². The number of halogens is 2. The highest BCUT2D eigenvalue weighted by Crippen LogP contribution is 2.27. The average Bonchev–Trinajstić information content (AvgIpc) is 2.94. The minimum Gasteiger partial charge on any atom is -0.398 e. The van der Waals surface area contributed by atoms with E-state index in [4.69, 9.17) is 5.73 Å². The van der Waals surface area contributed by atoms with Gasteiger partial charge in [0.05, 0.1) is 5.69 Å². The Labute approximate surface area is 119 Å². The normalized spacial score (nSPS) is 10.8. The van der Waals surface area contributed by atoms with Gasteiger partial charge in [-0.2, -0.15) is 4.68 Å². The van der Waals surface area contributed by atoms with Gasteiger partial charge in [0, 0.05) is 17.3 Å². The summed E-state index contributed by atoms with van der Waals surface area (Å²) < 4.78 is 27.7. The Morgan fingerprint density at radius 3 is 2.67 bits per heavy atom. The highest BCUT2D eigenvalue weighted by Gasteiger charge is 2.15. The Hall–Kier alpha value is -2.83. The number of aromatic nitrogens is 4. The number of rotatable bonds is 2. The van der Waals surface area contributed by atoms with Crippen LogP contribution in [0.3, 0.4) is 0 Å². The lowest BCUT2D eigenvalue weighted by Gasteiger charge is -2.09. The minimum atomic E-state index is -0.967. The van der Waals surface area contributed by atoms with E-state index in [0.717, 1.165) is 17.7 Å². The summed E-state index contributed by atoms with van der Waals surface area (Å²) in [5.41, 5.74) is 8.40. The Morgan fingerprint density at radius 1 is 1.10 bits per heavy atom. The van der Waals surface area contributed by atoms with Crippen LogP contribution in [0.5, 0.6) is 0 Å². The highest BCUT2D eigenvalue weighted by atomic mass is 19.2. The van der Waals surface area contributed by atoms with E-state index in [1.54, 1.807) is 6.07 Å². The molecule has 5 nitrogen and oxygen atoms in total. The first kappa shape index (κ1) is 13.2. The van der Waals surface area contributed by atoms with Crippen LogP contribution in [0.4, 0.5) is 14.5 Å². The maximum absolute atomic E-state index is 13.4. The third-order valence-corrected chi connectivity index (χ3v) is 3.18. The van der Waals surface area contributed by atoms with E-state index in [-0.39, 0.29) is 0 Å². The fourth-order valence-corrected chi connectivity index (χ4v) is 2.02. The summed E-state index contributed by atoms with van der Waals surface area (Å²) in [4.78, 5) is 0. The van der Waals surface area contributed by atoms with Gasteiger partial charge in [-0.25, -0.2) is 8.78 Å². The molecule has 0 amide bonds. The lowest BCUT2D eigenvalue weighted by Crippen LogP contribution is -2.03. The molecule has 0 radical (unpaired) electrons. The molecule has 2 aromatic carbocycles. The van der Waals surface area contributed by atoms with Crippen molar-refractivity contribution < 1.29 is 8.78 Å². The molecule has 0 aliphatic rings. The van der Waals surface area contributed by atoms with Crippen LogP contribution in [0.1, 0.15) is 5.56 Å². The molecule has 3 aromatic rings. The Kier molecular flexibility index (Phi) is 3.09. The molecule has 0 fully saturated rings. The fourth-order valence-electron chi connectivity index (χ4n) is 2.02. The molecule has 0 aliphatic heterocycles. The molecule has 106 valence electrons. The molecule has 21 heavy (non-hydrogen) atoms. The lowest BCUT2D eigenvalue weighted by atomic mass is 10.1. The van der Waals surface area contributed by atoms with Crippen molar-refractivity contribution in [3.8, 4) is 17.1 Å². The summed E-state index contributed by atoms with van der Waals surface area (Å²) in [5.74, 6) is -1.53. The number of aryl methyl sites for hydroxylation is 1. The van der Waals surface area contributed by atoms with Crippen molar-refractivity contribution in [2.75, 3.05) is 5.73 Å². The smallest absolute Gasteiger partial charge is 0.189 e. The second-order valence-corrected chi connectivity index (χ2v) is 4.55. The van der Waals surface area contributed by atoms with Crippen molar-refractivity contribution in [3.05, 3.63) is 53.6 Å². The van der Waals surface area contributed by atoms with Gasteiger partial charge in [0.1, 0.15) is 0 Å². The Bertz CT molecular complexity index is 813. The van der Waals surface area contributed by atoms with Gasteiger partial charge in [-0.15, -0.1) is 5.10 Å². The van der Waals surface area contributed by atoms with Gasteiger partial charge in [0.15, 0.2) is 17.5 Å². The van der Waals surface area contributed by atoms with Crippen molar-refractivity contribution >= 4 is 5.69 Å². The molecule has 0 bridgehead atoms. The standard InChI is InChI=1S/C14H11F2N5/c1-8-3-2-4-10(13(8)17)14-18-19-20-21(14)9-5-6-11(15)12(16)7-9/h2-7H,17H2,1H3. The van der Waals surface area contributed by atoms with Crippen molar-refractivity contribution in [1.29, 1.82) is 0 Å². The molecule has 0 spiro atoms. The second-order valence-electron chi connectivity index (χ2n) is 4.55. The number of anilines is 1. The Balaban J connectivity index is 2.17. The average molecular weight is 287 g/mol. The molecule has 3 rings (SSSR count). The predicted molar refractivity (Wildman–Crippen MR) is 73.7 cm³/mol. The molecule has 0 saturated carbocycles. The lowest BCUT2D eigenvalue weighted by molar-refractivity contribution is 0.507. The van der Waals surface area contributed by atoms with E-state index >= 15 is 0 Å². The second kappa shape index (κ2) is 4.93. The SMILES string of the molecule is Cc1cccc(-c2nnnn2-c2ccc(F)c(F)c2)c1N. The van der Waals surface area contributed by atoms with E-state index in [9.17, 15) is 8.78 Å². The zero-order chi connectivity index (χ0) is 15.0. The summed E-state index contributed by atoms with van der Waals surface area (Å²) in [5, 5.41) is 11.3. The third kappa shape index (κ3) is 2.22. The first-order valence-electron chi connectivity index (χ1n) is 6.17. The fraction of sp³-hybridized carbons (Fsp3) is 0.0714. The Morgan fingerprint density at radius 2 is 1.90 bits per heavy atom. The van der Waals surface area contributed by atoms with Crippen LogP contribution in [0.15, 0.2) is 36.4 Å². The predicted octanol–water partition coefficient (Wildman–Crippen LogP) is 2.50. The molecule has 0 saturated heterocycles. The summed E-state index contributed by atoms with van der Waals surface area (Å²) in [6, 6.07) is 8.90. The number of nitrogen functional groups attached to an aromatic ring is 1. The van der Waals surface area contributed by atoms with E-state index in [1.165, 1.54) is 10.7 Å². The van der Waals surface area contributed by atoms with Gasteiger partial charge >= 0.3 is 0 Å². The number of benzene rings is 2. The van der Waals surface area contributed by atoms with Crippen LogP contribution in [-0.2, 0) is 0 Å². The maximum atomic E-state index is 13.4. The van der Waals surface area contributed by atoms with E-state index < -0.39 is 11.6 Å². The highest BCUT2D eigenvalue weighted by molar-refractivity contribution is 5.74. The largest absolute Gasteiger partial charge is 0.398 e. The van der Waals surface area contributed by atoms with Crippen molar-refractivity contribution in [3.63, 3.8) is 0 Å². The number of para-hydroxylation sites is 1. The molecular weight excluding hydrogens is 276 g/mol. The van der Waals surface area contributed by atoms with Crippen LogP contribution in [-0.4, -0.2) is 20.2 Å². The van der Waals surface area contributed by atoms with Gasteiger partial charge in [-0.05, 0) is 41.1 Å². The van der Waals surface area contributed by atoms with E-state index in [0.29, 0.717) is 22.8 Å². The quantitative estimate of drug-likeness (QED) is 0.735. The molecule has 0 atom stereocenters. The van der Waals surface area contributed by atoms with Gasteiger partial charge < -0.3 is 5.73 Å².